The van der Waals surface area contributed by atoms with Gasteiger partial charge < -0.3 is 10.0 Å². The number of hydrogen-bond donors (Lipinski definition) is 1. The Morgan fingerprint density at radius 1 is 1.08 bits per heavy atom. The van der Waals surface area contributed by atoms with E-state index in [1.54, 1.807) is 0 Å². The summed E-state index contributed by atoms with van der Waals surface area (Å²) in [4.78, 5) is 29.3. The second-order valence-electron chi connectivity index (χ2n) is 12.0. The number of carboxylic acid groups (broad SMARTS) is 1. The summed E-state index contributed by atoms with van der Waals surface area (Å²) in [5, 5.41) is 11.9. The summed E-state index contributed by atoms with van der Waals surface area (Å²) in [6.07, 6.45) is 9.70. The maximum Gasteiger partial charge on any atom is 0.348 e. The van der Waals surface area contributed by atoms with Crippen molar-refractivity contribution in [1.82, 2.24) is 0 Å². The zero-order valence-electron chi connectivity index (χ0n) is 23.3. The van der Waals surface area contributed by atoms with Gasteiger partial charge >= 0.3 is 5.97 Å². The topological polar surface area (TPSA) is 61.5 Å². The van der Waals surface area contributed by atoms with Gasteiger partial charge in [-0.25, -0.2) is 4.79 Å². The molecule has 5 nitrogen and oxygen atoms in total. The predicted molar refractivity (Wildman–Crippen MR) is 156 cm³/mol. The van der Waals surface area contributed by atoms with Gasteiger partial charge in [0.1, 0.15) is 11.9 Å². The highest BCUT2D eigenvalue weighted by molar-refractivity contribution is 7.99. The summed E-state index contributed by atoms with van der Waals surface area (Å²) in [6.45, 7) is 8.38. The van der Waals surface area contributed by atoms with Crippen LogP contribution in [0.25, 0.3) is 0 Å². The summed E-state index contributed by atoms with van der Waals surface area (Å²) in [5.41, 5.74) is 0.364. The van der Waals surface area contributed by atoms with Gasteiger partial charge in [0, 0.05) is 34.8 Å². The Morgan fingerprint density at radius 3 is 2.37 bits per heavy atom. The molecule has 0 aromatic carbocycles. The van der Waals surface area contributed by atoms with Crippen LogP contribution < -0.4 is 9.47 Å². The van der Waals surface area contributed by atoms with Crippen molar-refractivity contribution in [3.63, 3.8) is 0 Å². The molecule has 4 rings (SSSR count). The van der Waals surface area contributed by atoms with Gasteiger partial charge in [-0.2, -0.15) is 4.57 Å². The number of aromatic carboxylic acids is 1. The lowest BCUT2D eigenvalue weighted by atomic mass is 9.81. The van der Waals surface area contributed by atoms with Crippen molar-refractivity contribution in [1.29, 1.82) is 0 Å². The van der Waals surface area contributed by atoms with E-state index in [0.29, 0.717) is 21.7 Å². The van der Waals surface area contributed by atoms with Gasteiger partial charge in [-0.05, 0) is 90.2 Å². The first-order valence-corrected chi connectivity index (χ1v) is 15.6. The monoisotopic (exact) mass is 553 g/mol. The average Bonchev–Trinajstić information content (AvgIpc) is 3.29. The van der Waals surface area contributed by atoms with E-state index in [9.17, 15) is 14.7 Å². The second-order valence-corrected chi connectivity index (χ2v) is 14.4. The number of aromatic nitrogens is 1. The molecule has 0 unspecified atom stereocenters. The quantitative estimate of drug-likeness (QED) is 0.311. The molecule has 0 spiro atoms. The molecule has 38 heavy (non-hydrogen) atoms. The van der Waals surface area contributed by atoms with E-state index in [2.05, 4.69) is 48.7 Å². The molecule has 204 valence electrons. The Morgan fingerprint density at radius 2 is 1.76 bits per heavy atom. The molecule has 2 fully saturated rings. The first-order chi connectivity index (χ1) is 18.0. The highest BCUT2D eigenvalue weighted by Gasteiger charge is 2.38. The molecule has 2 saturated carbocycles. The second kappa shape index (κ2) is 12.3. The minimum absolute atomic E-state index is 0.0133. The van der Waals surface area contributed by atoms with Gasteiger partial charge in [0.15, 0.2) is 6.20 Å². The summed E-state index contributed by atoms with van der Waals surface area (Å²) >= 11 is 3.10. The lowest BCUT2D eigenvalue weighted by molar-refractivity contribution is -0.708. The zero-order valence-corrected chi connectivity index (χ0v) is 25.0. The Kier molecular flexibility index (Phi) is 9.26. The van der Waals surface area contributed by atoms with Crippen molar-refractivity contribution in [2.75, 3.05) is 4.90 Å². The molecule has 0 radical (unpaired) electrons. The van der Waals surface area contributed by atoms with Gasteiger partial charge in [0.2, 0.25) is 10.9 Å². The Hall–Kier alpha value is -2.30. The van der Waals surface area contributed by atoms with Gasteiger partial charge in [-0.15, -0.1) is 11.3 Å². The van der Waals surface area contributed by atoms with Crippen molar-refractivity contribution >= 4 is 40.7 Å². The third-order valence-electron chi connectivity index (χ3n) is 7.63. The van der Waals surface area contributed by atoms with Crippen LogP contribution in [0.1, 0.15) is 93.6 Å². The van der Waals surface area contributed by atoms with Crippen LogP contribution in [0.3, 0.4) is 0 Å². The SMILES string of the molecule is C[n+]1ccccc1S[C@H]1CC[C@H](N(c2cc(C#CC(C)(C)C)sc2C(=O)O)C(=O)[C@H]2CC[C@H](C)CC2)CC1. The number of carbonyl (C=O) groups is 2. The van der Waals surface area contributed by atoms with E-state index in [1.165, 1.54) is 16.4 Å². The number of nitrogens with zero attached hydrogens (tertiary/aromatic N) is 2. The van der Waals surface area contributed by atoms with Crippen molar-refractivity contribution in [2.45, 2.75) is 95.4 Å². The molecule has 0 bridgehead atoms. The number of pyridine rings is 1. The third-order valence-corrected chi connectivity index (χ3v) is 10.1. The van der Waals surface area contributed by atoms with Crippen molar-refractivity contribution < 1.29 is 19.3 Å². The molecule has 2 aromatic rings. The van der Waals surface area contributed by atoms with Crippen LogP contribution in [0.5, 0.6) is 0 Å². The standard InChI is InChI=1S/C31H40N2O3S2/c1-21-9-11-22(12-10-21)29(34)33(26-20-25(17-18-31(2,3)4)38-28(26)30(35)36)23-13-15-24(16-14-23)37-27-8-6-7-19-32(27)5/h6-8,19-24H,9-16H2,1-5H3/p+1/t21-,22-,23-,24-. The number of carbonyl (C=O) groups excluding carboxylic acids is 1. The molecule has 0 saturated heterocycles. The lowest BCUT2D eigenvalue weighted by Crippen LogP contribution is -2.47. The molecule has 7 heteroatoms. The van der Waals surface area contributed by atoms with Gasteiger partial charge in [0.25, 0.3) is 0 Å². The van der Waals surface area contributed by atoms with Crippen LogP contribution in [-0.4, -0.2) is 28.3 Å². The number of anilines is 1. The van der Waals surface area contributed by atoms with Gasteiger partial charge in [-0.3, -0.25) is 4.79 Å². The van der Waals surface area contributed by atoms with Crippen molar-refractivity contribution in [3.8, 4) is 11.8 Å². The van der Waals surface area contributed by atoms with Crippen molar-refractivity contribution in [3.05, 3.63) is 40.2 Å². The molecule has 2 aliphatic carbocycles. The molecule has 2 heterocycles. The molecule has 0 aliphatic heterocycles. The fourth-order valence-electron chi connectivity index (χ4n) is 5.45. The van der Waals surface area contributed by atoms with Crippen LogP contribution in [0.2, 0.25) is 0 Å². The van der Waals surface area contributed by atoms with Crippen LogP contribution >= 0.6 is 23.1 Å². The van der Waals surface area contributed by atoms with Crippen LogP contribution in [0.4, 0.5) is 5.69 Å². The van der Waals surface area contributed by atoms with Crippen molar-refractivity contribution in [2.24, 2.45) is 24.3 Å². The number of carboxylic acids is 1. The number of amides is 1. The Bertz CT molecular complexity index is 1200. The summed E-state index contributed by atoms with van der Waals surface area (Å²) in [6, 6.07) is 8.14. The van der Waals surface area contributed by atoms with E-state index in [-0.39, 0.29) is 28.2 Å². The van der Waals surface area contributed by atoms with E-state index in [4.69, 9.17) is 0 Å². The Balaban J connectivity index is 1.61. The highest BCUT2D eigenvalue weighted by Crippen LogP contribution is 2.41. The summed E-state index contributed by atoms with van der Waals surface area (Å²) in [5.74, 6) is 6.15. The highest BCUT2D eigenvalue weighted by atomic mass is 32.2. The number of rotatable bonds is 6. The molecule has 2 aromatic heterocycles. The van der Waals surface area contributed by atoms with Gasteiger partial charge in [-0.1, -0.05) is 30.5 Å². The smallest absolute Gasteiger partial charge is 0.348 e. The maximum atomic E-state index is 14.1. The van der Waals surface area contributed by atoms with E-state index in [1.807, 2.05) is 49.6 Å². The largest absolute Gasteiger partial charge is 0.477 e. The van der Waals surface area contributed by atoms with Crippen LogP contribution in [0, 0.1) is 29.1 Å². The minimum Gasteiger partial charge on any atom is -0.477 e. The van der Waals surface area contributed by atoms with E-state index >= 15 is 0 Å². The molecular weight excluding hydrogens is 512 g/mol. The number of thioether (sulfide) groups is 1. The Labute approximate surface area is 236 Å². The summed E-state index contributed by atoms with van der Waals surface area (Å²) < 4.78 is 2.15. The van der Waals surface area contributed by atoms with Crippen LogP contribution in [0.15, 0.2) is 35.5 Å². The van der Waals surface area contributed by atoms with E-state index in [0.717, 1.165) is 51.4 Å². The fourth-order valence-corrected chi connectivity index (χ4v) is 7.52. The third kappa shape index (κ3) is 7.21. The minimum atomic E-state index is -0.982. The molecule has 2 aliphatic rings. The zero-order chi connectivity index (χ0) is 27.4. The molecular formula is C31H41N2O3S2+. The number of aryl methyl sites for hydroxylation is 1. The number of thiophene rings is 1. The maximum absolute atomic E-state index is 14.1. The molecule has 0 atom stereocenters. The summed E-state index contributed by atoms with van der Waals surface area (Å²) in [7, 11) is 2.07. The van der Waals surface area contributed by atoms with Crippen LogP contribution in [-0.2, 0) is 11.8 Å². The normalized spacial score (nSPS) is 23.8. The predicted octanol–water partition coefficient (Wildman–Crippen LogP) is 6.93. The first kappa shape index (κ1) is 28.7. The van der Waals surface area contributed by atoms with Gasteiger partial charge in [0.05, 0.1) is 10.6 Å². The molecule has 1 amide bonds. The van der Waals surface area contributed by atoms with E-state index < -0.39 is 5.97 Å². The first-order valence-electron chi connectivity index (χ1n) is 13.9. The lowest BCUT2D eigenvalue weighted by Gasteiger charge is -2.39. The fraction of sp³-hybridized carbons (Fsp3) is 0.581. The molecule has 1 N–H and O–H groups in total. The number of hydrogen-bond acceptors (Lipinski definition) is 4. The average molecular weight is 554 g/mol.